The largest absolute Gasteiger partial charge is 0.494 e. The Bertz CT molecular complexity index is 347. The molecular weight excluding hydrogens is 239 g/mol. The molecule has 0 fully saturated rings. The first-order valence-corrected chi connectivity index (χ1v) is 7.60. The highest BCUT2D eigenvalue weighted by molar-refractivity contribution is 7.51. The molecule has 0 heterocycles. The van der Waals surface area contributed by atoms with Crippen molar-refractivity contribution in [2.75, 3.05) is 12.8 Å². The number of hydrogen-bond donors (Lipinski definition) is 2. The number of ether oxygens (including phenoxy) is 1. The van der Waals surface area contributed by atoms with E-state index in [0.717, 1.165) is 25.0 Å². The van der Waals surface area contributed by atoms with Crippen LogP contribution >= 0.6 is 7.60 Å². The summed E-state index contributed by atoms with van der Waals surface area (Å²) < 4.78 is 16.1. The predicted octanol–water partition coefficient (Wildman–Crippen LogP) is 2.80. The van der Waals surface area contributed by atoms with E-state index in [1.54, 1.807) is 0 Å². The summed E-state index contributed by atoms with van der Waals surface area (Å²) in [5.41, 5.74) is 0. The number of rotatable bonds is 8. The van der Waals surface area contributed by atoms with Crippen LogP contribution in [0.3, 0.4) is 0 Å². The van der Waals surface area contributed by atoms with Crippen LogP contribution in [0.1, 0.15) is 25.7 Å². The maximum absolute atomic E-state index is 10.6. The zero-order valence-corrected chi connectivity index (χ0v) is 10.7. The third-order valence-electron chi connectivity index (χ3n) is 2.36. The van der Waals surface area contributed by atoms with Crippen molar-refractivity contribution in [3.05, 3.63) is 30.3 Å². The molecule has 0 saturated carbocycles. The van der Waals surface area contributed by atoms with Gasteiger partial charge in [0.05, 0.1) is 6.61 Å². The molecule has 96 valence electrons. The van der Waals surface area contributed by atoms with Gasteiger partial charge in [0, 0.05) is 6.16 Å². The lowest BCUT2D eigenvalue weighted by atomic mass is 10.2. The minimum Gasteiger partial charge on any atom is -0.494 e. The molecule has 0 spiro atoms. The monoisotopic (exact) mass is 258 g/mol. The molecule has 0 atom stereocenters. The summed E-state index contributed by atoms with van der Waals surface area (Å²) >= 11 is 0. The second-order valence-corrected chi connectivity index (χ2v) is 5.74. The Morgan fingerprint density at radius 3 is 2.29 bits per heavy atom. The topological polar surface area (TPSA) is 66.8 Å². The molecule has 0 amide bonds. The molecule has 4 nitrogen and oxygen atoms in total. The van der Waals surface area contributed by atoms with Crippen molar-refractivity contribution >= 4 is 7.60 Å². The molecule has 5 heteroatoms. The van der Waals surface area contributed by atoms with Crippen molar-refractivity contribution in [1.82, 2.24) is 0 Å². The molecule has 0 saturated heterocycles. The lowest BCUT2D eigenvalue weighted by Gasteiger charge is -2.06. The fourth-order valence-electron chi connectivity index (χ4n) is 1.48. The lowest BCUT2D eigenvalue weighted by molar-refractivity contribution is 0.304. The molecule has 0 aliphatic rings. The van der Waals surface area contributed by atoms with Gasteiger partial charge in [0.25, 0.3) is 0 Å². The number of hydrogen-bond acceptors (Lipinski definition) is 2. The minimum atomic E-state index is -3.80. The van der Waals surface area contributed by atoms with E-state index in [2.05, 4.69) is 0 Å². The first-order chi connectivity index (χ1) is 8.08. The quantitative estimate of drug-likeness (QED) is 0.555. The summed E-state index contributed by atoms with van der Waals surface area (Å²) in [6.07, 6.45) is 3.26. The van der Waals surface area contributed by atoms with Gasteiger partial charge < -0.3 is 14.5 Å². The van der Waals surface area contributed by atoms with E-state index in [1.807, 2.05) is 30.3 Å². The van der Waals surface area contributed by atoms with E-state index in [-0.39, 0.29) is 6.16 Å². The van der Waals surface area contributed by atoms with Crippen LogP contribution in [0.15, 0.2) is 30.3 Å². The van der Waals surface area contributed by atoms with Crippen molar-refractivity contribution in [3.63, 3.8) is 0 Å². The second-order valence-electron chi connectivity index (χ2n) is 3.96. The van der Waals surface area contributed by atoms with Gasteiger partial charge in [0.1, 0.15) is 5.75 Å². The fraction of sp³-hybridized carbons (Fsp3) is 0.500. The Hall–Kier alpha value is -0.830. The summed E-state index contributed by atoms with van der Waals surface area (Å²) in [4.78, 5) is 17.3. The van der Waals surface area contributed by atoms with Crippen molar-refractivity contribution in [3.8, 4) is 5.75 Å². The zero-order valence-electron chi connectivity index (χ0n) is 9.79. The molecule has 2 N–H and O–H groups in total. The maximum atomic E-state index is 10.6. The van der Waals surface area contributed by atoms with Gasteiger partial charge >= 0.3 is 7.60 Å². The van der Waals surface area contributed by atoms with Gasteiger partial charge in [0.15, 0.2) is 0 Å². The average molecular weight is 258 g/mol. The van der Waals surface area contributed by atoms with Crippen LogP contribution in [0, 0.1) is 0 Å². The average Bonchev–Trinajstić information content (AvgIpc) is 2.28. The number of unbranched alkanes of at least 4 members (excludes halogenated alkanes) is 3. The molecule has 1 aromatic rings. The zero-order chi connectivity index (χ0) is 12.6. The third kappa shape index (κ3) is 7.97. The van der Waals surface area contributed by atoms with Gasteiger partial charge in [-0.2, -0.15) is 0 Å². The van der Waals surface area contributed by atoms with Crippen LogP contribution in [0.4, 0.5) is 0 Å². The maximum Gasteiger partial charge on any atom is 0.325 e. The normalized spacial score (nSPS) is 11.4. The van der Waals surface area contributed by atoms with Crippen LogP contribution < -0.4 is 4.74 Å². The molecule has 1 aromatic carbocycles. The summed E-state index contributed by atoms with van der Waals surface area (Å²) in [6, 6.07) is 9.61. The molecule has 0 aliphatic heterocycles. The smallest absolute Gasteiger partial charge is 0.325 e. The van der Waals surface area contributed by atoms with E-state index < -0.39 is 7.60 Å². The third-order valence-corrected chi connectivity index (χ3v) is 3.25. The number of benzene rings is 1. The highest BCUT2D eigenvalue weighted by Crippen LogP contribution is 2.35. The van der Waals surface area contributed by atoms with Crippen molar-refractivity contribution < 1.29 is 19.1 Å². The Morgan fingerprint density at radius 2 is 1.65 bits per heavy atom. The first-order valence-electron chi connectivity index (χ1n) is 5.80. The van der Waals surface area contributed by atoms with E-state index in [9.17, 15) is 4.57 Å². The SMILES string of the molecule is O=P(O)(O)CCCCCCOc1ccccc1. The number of para-hydroxylation sites is 1. The highest BCUT2D eigenvalue weighted by atomic mass is 31.2. The Morgan fingerprint density at radius 1 is 1.00 bits per heavy atom. The summed E-state index contributed by atoms with van der Waals surface area (Å²) in [5.74, 6) is 0.864. The van der Waals surface area contributed by atoms with Crippen LogP contribution in [0.25, 0.3) is 0 Å². The van der Waals surface area contributed by atoms with E-state index in [1.165, 1.54) is 0 Å². The van der Waals surface area contributed by atoms with E-state index in [0.29, 0.717) is 13.0 Å². The molecule has 0 unspecified atom stereocenters. The van der Waals surface area contributed by atoms with Gasteiger partial charge in [-0.25, -0.2) is 0 Å². The van der Waals surface area contributed by atoms with Gasteiger partial charge in [-0.3, -0.25) is 4.57 Å². The molecule has 0 bridgehead atoms. The van der Waals surface area contributed by atoms with Gasteiger partial charge in [-0.1, -0.05) is 31.0 Å². The van der Waals surface area contributed by atoms with Gasteiger partial charge in [-0.15, -0.1) is 0 Å². The van der Waals surface area contributed by atoms with Crippen LogP contribution in [-0.4, -0.2) is 22.6 Å². The lowest BCUT2D eigenvalue weighted by Crippen LogP contribution is -1.97. The summed E-state index contributed by atoms with van der Waals surface area (Å²) in [5, 5.41) is 0. The van der Waals surface area contributed by atoms with Crippen LogP contribution in [0.5, 0.6) is 5.75 Å². The van der Waals surface area contributed by atoms with Crippen molar-refractivity contribution in [2.24, 2.45) is 0 Å². The second kappa shape index (κ2) is 7.49. The summed E-state index contributed by atoms with van der Waals surface area (Å²) in [6.45, 7) is 0.653. The minimum absolute atomic E-state index is 0.00740. The molecule has 1 rings (SSSR count). The van der Waals surface area contributed by atoms with E-state index >= 15 is 0 Å². The van der Waals surface area contributed by atoms with Crippen molar-refractivity contribution in [1.29, 1.82) is 0 Å². The molecule has 0 aromatic heterocycles. The fourth-order valence-corrected chi connectivity index (χ4v) is 2.12. The first kappa shape index (κ1) is 14.2. The van der Waals surface area contributed by atoms with Crippen LogP contribution in [0.2, 0.25) is 0 Å². The molecule has 17 heavy (non-hydrogen) atoms. The molecule has 0 aliphatic carbocycles. The Kier molecular flexibility index (Phi) is 6.27. The van der Waals surface area contributed by atoms with Gasteiger partial charge in [0.2, 0.25) is 0 Å². The van der Waals surface area contributed by atoms with E-state index in [4.69, 9.17) is 14.5 Å². The Labute approximate surface area is 102 Å². The van der Waals surface area contributed by atoms with Crippen LogP contribution in [-0.2, 0) is 4.57 Å². The summed E-state index contributed by atoms with van der Waals surface area (Å²) in [7, 11) is -3.80. The molecule has 0 radical (unpaired) electrons. The van der Waals surface area contributed by atoms with Crippen molar-refractivity contribution in [2.45, 2.75) is 25.7 Å². The standard InChI is InChI=1S/C12H19O4P/c13-17(14,15)11-7-2-1-6-10-16-12-8-4-3-5-9-12/h3-5,8-9H,1-2,6-7,10-11H2,(H2,13,14,15). The van der Waals surface area contributed by atoms with Gasteiger partial charge in [-0.05, 0) is 25.0 Å². The molecular formula is C12H19O4P. The Balaban J connectivity index is 1.97. The predicted molar refractivity (Wildman–Crippen MR) is 67.3 cm³/mol. The highest BCUT2D eigenvalue weighted by Gasteiger charge is 2.10.